The third-order valence-electron chi connectivity index (χ3n) is 5.58. The largest absolute Gasteiger partial charge is 0.493 e. The van der Waals surface area contributed by atoms with Crippen molar-refractivity contribution in [2.45, 2.75) is 6.42 Å². The number of fused-ring (bicyclic) bond motifs is 1. The van der Waals surface area contributed by atoms with E-state index in [-0.39, 0.29) is 5.91 Å². The lowest BCUT2D eigenvalue weighted by Gasteiger charge is -2.11. The summed E-state index contributed by atoms with van der Waals surface area (Å²) < 4.78 is 10.6. The highest BCUT2D eigenvalue weighted by Gasteiger charge is 2.16. The second-order valence-corrected chi connectivity index (χ2v) is 9.67. The molecular formula is C27H23N3O3S2. The third-order valence-corrected chi connectivity index (χ3v) is 7.34. The molecule has 6 nitrogen and oxygen atoms in total. The van der Waals surface area contributed by atoms with Gasteiger partial charge in [-0.05, 0) is 65.2 Å². The second kappa shape index (κ2) is 10.2. The van der Waals surface area contributed by atoms with Crippen molar-refractivity contribution in [2.24, 2.45) is 0 Å². The molecule has 3 aromatic heterocycles. The highest BCUT2D eigenvalue weighted by molar-refractivity contribution is 7.14. The number of carbonyl (C=O) groups excluding carboxylic acids is 1. The van der Waals surface area contributed by atoms with E-state index >= 15 is 0 Å². The molecule has 0 fully saturated rings. The van der Waals surface area contributed by atoms with Gasteiger partial charge in [-0.2, -0.15) is 0 Å². The number of benzene rings is 2. The summed E-state index contributed by atoms with van der Waals surface area (Å²) >= 11 is 3.27. The molecule has 3 heterocycles. The SMILES string of the molecule is COc1ccc(CCNC(=O)c2ccc3nc(-c4cccs4)c(-c4cccs4)nc3c2)cc1OC. The Labute approximate surface area is 211 Å². The molecule has 5 aromatic rings. The van der Waals surface area contributed by atoms with Gasteiger partial charge in [0.05, 0.1) is 35.0 Å². The van der Waals surface area contributed by atoms with E-state index < -0.39 is 0 Å². The van der Waals surface area contributed by atoms with Gasteiger partial charge in [-0.15, -0.1) is 22.7 Å². The minimum absolute atomic E-state index is 0.144. The normalized spacial score (nSPS) is 10.9. The predicted octanol–water partition coefficient (Wildman–Crippen LogP) is 6.08. The number of aromatic nitrogens is 2. The molecule has 1 amide bonds. The van der Waals surface area contributed by atoms with Crippen LogP contribution in [0.1, 0.15) is 15.9 Å². The van der Waals surface area contributed by atoms with Crippen LogP contribution in [0.15, 0.2) is 71.4 Å². The van der Waals surface area contributed by atoms with E-state index in [1.807, 2.05) is 59.3 Å². The maximum atomic E-state index is 12.9. The van der Waals surface area contributed by atoms with E-state index in [1.165, 1.54) is 0 Å². The van der Waals surface area contributed by atoms with Crippen molar-refractivity contribution in [1.29, 1.82) is 0 Å². The smallest absolute Gasteiger partial charge is 0.251 e. The third kappa shape index (κ3) is 4.89. The van der Waals surface area contributed by atoms with Crippen LogP contribution in [0, 0.1) is 0 Å². The van der Waals surface area contributed by atoms with Crippen molar-refractivity contribution >= 4 is 39.6 Å². The Hall–Kier alpha value is -3.75. The van der Waals surface area contributed by atoms with Crippen LogP contribution < -0.4 is 14.8 Å². The van der Waals surface area contributed by atoms with Crippen molar-refractivity contribution in [3.05, 3.63) is 82.6 Å². The predicted molar refractivity (Wildman–Crippen MR) is 142 cm³/mol. The summed E-state index contributed by atoms with van der Waals surface area (Å²) in [7, 11) is 3.22. The fourth-order valence-corrected chi connectivity index (χ4v) is 5.25. The van der Waals surface area contributed by atoms with Crippen LogP contribution >= 0.6 is 22.7 Å². The number of thiophene rings is 2. The topological polar surface area (TPSA) is 73.3 Å². The Balaban J connectivity index is 1.36. The fourth-order valence-electron chi connectivity index (χ4n) is 3.82. The first-order valence-corrected chi connectivity index (χ1v) is 12.8. The van der Waals surface area contributed by atoms with Gasteiger partial charge in [-0.1, -0.05) is 18.2 Å². The first-order valence-electron chi connectivity index (χ1n) is 11.0. The zero-order valence-electron chi connectivity index (χ0n) is 19.3. The van der Waals surface area contributed by atoms with Gasteiger partial charge in [0.25, 0.3) is 5.91 Å². The van der Waals surface area contributed by atoms with Crippen LogP contribution in [0.3, 0.4) is 0 Å². The number of amides is 1. The Morgan fingerprint density at radius 3 is 2.14 bits per heavy atom. The van der Waals surface area contributed by atoms with Crippen LogP contribution in [-0.4, -0.2) is 36.6 Å². The number of hydrogen-bond donors (Lipinski definition) is 1. The van der Waals surface area contributed by atoms with Gasteiger partial charge in [-0.25, -0.2) is 9.97 Å². The first kappa shape index (κ1) is 23.0. The molecule has 0 spiro atoms. The number of nitrogens with one attached hydrogen (secondary N) is 1. The Morgan fingerprint density at radius 2 is 1.51 bits per heavy atom. The highest BCUT2D eigenvalue weighted by Crippen LogP contribution is 2.35. The van der Waals surface area contributed by atoms with E-state index in [1.54, 1.807) is 43.0 Å². The molecule has 0 radical (unpaired) electrons. The number of methoxy groups -OCH3 is 2. The zero-order chi connectivity index (χ0) is 24.2. The molecule has 0 saturated heterocycles. The molecule has 0 bridgehead atoms. The van der Waals surface area contributed by atoms with E-state index in [9.17, 15) is 4.79 Å². The molecule has 0 aliphatic heterocycles. The van der Waals surface area contributed by atoms with E-state index in [0.29, 0.717) is 35.5 Å². The van der Waals surface area contributed by atoms with E-state index in [4.69, 9.17) is 19.4 Å². The second-order valence-electron chi connectivity index (χ2n) is 7.77. The molecule has 176 valence electrons. The van der Waals surface area contributed by atoms with Crippen molar-refractivity contribution in [2.75, 3.05) is 20.8 Å². The van der Waals surface area contributed by atoms with Gasteiger partial charge in [0.15, 0.2) is 11.5 Å². The van der Waals surface area contributed by atoms with Gasteiger partial charge in [0, 0.05) is 12.1 Å². The van der Waals surface area contributed by atoms with Crippen LogP contribution in [0.4, 0.5) is 0 Å². The molecule has 0 saturated carbocycles. The highest BCUT2D eigenvalue weighted by atomic mass is 32.1. The molecular weight excluding hydrogens is 478 g/mol. The minimum Gasteiger partial charge on any atom is -0.493 e. The minimum atomic E-state index is -0.144. The van der Waals surface area contributed by atoms with Crippen molar-refractivity contribution in [3.63, 3.8) is 0 Å². The Kier molecular flexibility index (Phi) is 6.74. The number of nitrogens with zero attached hydrogens (tertiary/aromatic N) is 2. The average molecular weight is 502 g/mol. The molecule has 5 rings (SSSR count). The summed E-state index contributed by atoms with van der Waals surface area (Å²) in [5, 5.41) is 7.06. The molecule has 0 aliphatic rings. The number of ether oxygens (including phenoxy) is 2. The van der Waals surface area contributed by atoms with Gasteiger partial charge in [0.1, 0.15) is 11.4 Å². The van der Waals surface area contributed by atoms with Crippen LogP contribution in [0.2, 0.25) is 0 Å². The maximum absolute atomic E-state index is 12.9. The average Bonchev–Trinajstić information content (AvgIpc) is 3.62. The number of carbonyl (C=O) groups is 1. The first-order chi connectivity index (χ1) is 17.2. The summed E-state index contributed by atoms with van der Waals surface area (Å²) in [6.07, 6.45) is 0.673. The molecule has 1 N–H and O–H groups in total. The van der Waals surface area contributed by atoms with Gasteiger partial charge < -0.3 is 14.8 Å². The van der Waals surface area contributed by atoms with Gasteiger partial charge >= 0.3 is 0 Å². The standard InChI is InChI=1S/C27H23N3O3S2/c1-32-21-10-7-17(15-22(21)33-2)11-12-28-27(31)18-8-9-19-20(16-18)30-26(24-6-4-14-35-24)25(29-19)23-5-3-13-34-23/h3-10,13-16H,11-12H2,1-2H3,(H,28,31). The zero-order valence-corrected chi connectivity index (χ0v) is 20.9. The van der Waals surface area contributed by atoms with Crippen molar-refractivity contribution in [1.82, 2.24) is 15.3 Å². The van der Waals surface area contributed by atoms with Crippen LogP contribution in [0.5, 0.6) is 11.5 Å². The molecule has 2 aromatic carbocycles. The maximum Gasteiger partial charge on any atom is 0.251 e. The lowest BCUT2D eigenvalue weighted by atomic mass is 10.1. The fraction of sp³-hybridized carbons (Fsp3) is 0.148. The van der Waals surface area contributed by atoms with Crippen molar-refractivity contribution < 1.29 is 14.3 Å². The van der Waals surface area contributed by atoms with Gasteiger partial charge in [0.2, 0.25) is 0 Å². The molecule has 0 unspecified atom stereocenters. The van der Waals surface area contributed by atoms with Crippen LogP contribution in [-0.2, 0) is 6.42 Å². The molecule has 0 aliphatic carbocycles. The molecule has 0 atom stereocenters. The molecule has 8 heteroatoms. The van der Waals surface area contributed by atoms with E-state index in [0.717, 1.165) is 32.2 Å². The lowest BCUT2D eigenvalue weighted by molar-refractivity contribution is 0.0954. The summed E-state index contributed by atoms with van der Waals surface area (Å²) in [5.41, 5.74) is 4.76. The summed E-state index contributed by atoms with van der Waals surface area (Å²) in [6, 6.07) is 19.3. The number of rotatable bonds is 8. The molecule has 35 heavy (non-hydrogen) atoms. The summed E-state index contributed by atoms with van der Waals surface area (Å²) in [4.78, 5) is 24.8. The number of hydrogen-bond acceptors (Lipinski definition) is 7. The summed E-state index contributed by atoms with van der Waals surface area (Å²) in [5.74, 6) is 1.21. The van der Waals surface area contributed by atoms with Gasteiger partial charge in [-0.3, -0.25) is 4.79 Å². The van der Waals surface area contributed by atoms with Crippen molar-refractivity contribution in [3.8, 4) is 32.6 Å². The monoisotopic (exact) mass is 501 g/mol. The Morgan fingerprint density at radius 1 is 0.829 bits per heavy atom. The van der Waals surface area contributed by atoms with Crippen LogP contribution in [0.25, 0.3) is 32.2 Å². The van der Waals surface area contributed by atoms with E-state index in [2.05, 4.69) is 11.4 Å². The quantitative estimate of drug-likeness (QED) is 0.279. The summed E-state index contributed by atoms with van der Waals surface area (Å²) in [6.45, 7) is 0.496. The lowest BCUT2D eigenvalue weighted by Crippen LogP contribution is -2.25. The Bertz CT molecular complexity index is 1470.